The van der Waals surface area contributed by atoms with Crippen LogP contribution in [0, 0.1) is 5.92 Å². The summed E-state index contributed by atoms with van der Waals surface area (Å²) in [4.78, 5) is 29.8. The van der Waals surface area contributed by atoms with Gasteiger partial charge in [0.05, 0.1) is 0 Å². The molecule has 1 N–H and O–H groups in total. The van der Waals surface area contributed by atoms with E-state index < -0.39 is 0 Å². The van der Waals surface area contributed by atoms with Gasteiger partial charge >= 0.3 is 5.69 Å². The molecule has 0 saturated carbocycles. The number of para-hydroxylation sites is 1. The fourth-order valence-electron chi connectivity index (χ4n) is 4.45. The van der Waals surface area contributed by atoms with Crippen molar-refractivity contribution in [1.29, 1.82) is 0 Å². The maximum absolute atomic E-state index is 12.7. The standard InChI is InChI=1S/C22H32N6O2/c1-2-28-22(30)27-12-10-18(8-9-20(27)24-28)21(29)23-11-13-25-14-16-26(17-15-25)19-6-4-3-5-7-19/h3-7,18H,2,8-17H2,1H3,(H,23,29). The molecule has 30 heavy (non-hydrogen) atoms. The number of carbonyl (C=O) groups excluding carboxylic acids is 1. The largest absolute Gasteiger partial charge is 0.369 e. The van der Waals surface area contributed by atoms with E-state index in [0.717, 1.165) is 45.0 Å². The van der Waals surface area contributed by atoms with Crippen molar-refractivity contribution in [3.05, 3.63) is 46.6 Å². The molecule has 1 fully saturated rings. The van der Waals surface area contributed by atoms with Gasteiger partial charge in [-0.25, -0.2) is 9.48 Å². The molecular weight excluding hydrogens is 380 g/mol. The third-order valence-electron chi connectivity index (χ3n) is 6.31. The number of nitrogens with zero attached hydrogens (tertiary/aromatic N) is 5. The molecule has 8 nitrogen and oxygen atoms in total. The average molecular weight is 413 g/mol. The van der Waals surface area contributed by atoms with Gasteiger partial charge in [-0.1, -0.05) is 18.2 Å². The molecule has 2 aromatic rings. The van der Waals surface area contributed by atoms with Gasteiger partial charge in [0, 0.05) is 70.4 Å². The molecule has 0 bridgehead atoms. The van der Waals surface area contributed by atoms with Gasteiger partial charge in [-0.3, -0.25) is 14.3 Å². The van der Waals surface area contributed by atoms with Crippen LogP contribution in [-0.4, -0.2) is 64.4 Å². The first-order valence-corrected chi connectivity index (χ1v) is 11.1. The molecule has 2 aliphatic heterocycles. The number of hydrogen-bond donors (Lipinski definition) is 1. The minimum atomic E-state index is -0.0526. The van der Waals surface area contributed by atoms with Crippen LogP contribution < -0.4 is 15.9 Å². The number of rotatable bonds is 6. The monoisotopic (exact) mass is 412 g/mol. The topological polar surface area (TPSA) is 75.4 Å². The summed E-state index contributed by atoms with van der Waals surface area (Å²) in [5, 5.41) is 7.52. The Bertz CT molecular complexity index is 898. The van der Waals surface area contributed by atoms with E-state index in [1.807, 2.05) is 13.0 Å². The normalized spacial score (nSPS) is 19.9. The maximum atomic E-state index is 12.7. The van der Waals surface area contributed by atoms with Crippen molar-refractivity contribution in [2.24, 2.45) is 5.92 Å². The number of nitrogens with one attached hydrogen (secondary N) is 1. The van der Waals surface area contributed by atoms with E-state index in [1.165, 1.54) is 10.4 Å². The zero-order valence-corrected chi connectivity index (χ0v) is 17.8. The molecule has 2 aliphatic rings. The molecule has 1 amide bonds. The fraction of sp³-hybridized carbons (Fsp3) is 0.591. The van der Waals surface area contributed by atoms with Gasteiger partial charge in [0.2, 0.25) is 5.91 Å². The summed E-state index contributed by atoms with van der Waals surface area (Å²) >= 11 is 0. The van der Waals surface area contributed by atoms with E-state index in [4.69, 9.17) is 0 Å². The van der Waals surface area contributed by atoms with Crippen molar-refractivity contribution in [3.8, 4) is 0 Å². The highest BCUT2D eigenvalue weighted by molar-refractivity contribution is 5.78. The number of hydrogen-bond acceptors (Lipinski definition) is 5. The lowest BCUT2D eigenvalue weighted by molar-refractivity contribution is -0.125. The lowest BCUT2D eigenvalue weighted by Crippen LogP contribution is -2.48. The minimum Gasteiger partial charge on any atom is -0.369 e. The van der Waals surface area contributed by atoms with E-state index in [9.17, 15) is 9.59 Å². The molecule has 1 unspecified atom stereocenters. The zero-order chi connectivity index (χ0) is 20.9. The van der Waals surface area contributed by atoms with Crippen molar-refractivity contribution in [2.45, 2.75) is 39.3 Å². The van der Waals surface area contributed by atoms with Crippen molar-refractivity contribution in [3.63, 3.8) is 0 Å². The summed E-state index contributed by atoms with van der Waals surface area (Å²) in [6.45, 7) is 8.70. The second-order valence-electron chi connectivity index (χ2n) is 8.15. The first-order valence-electron chi connectivity index (χ1n) is 11.1. The summed E-state index contributed by atoms with van der Waals surface area (Å²) in [6, 6.07) is 10.5. The summed E-state index contributed by atoms with van der Waals surface area (Å²) in [5.74, 6) is 0.879. The van der Waals surface area contributed by atoms with Crippen LogP contribution >= 0.6 is 0 Å². The third kappa shape index (κ3) is 4.59. The van der Waals surface area contributed by atoms with E-state index in [1.54, 1.807) is 4.57 Å². The lowest BCUT2D eigenvalue weighted by Gasteiger charge is -2.36. The molecule has 1 aromatic heterocycles. The Labute approximate surface area is 177 Å². The Morgan fingerprint density at radius 2 is 1.87 bits per heavy atom. The highest BCUT2D eigenvalue weighted by Gasteiger charge is 2.25. The summed E-state index contributed by atoms with van der Waals surface area (Å²) < 4.78 is 3.25. The molecule has 3 heterocycles. The smallest absolute Gasteiger partial charge is 0.345 e. The fourth-order valence-corrected chi connectivity index (χ4v) is 4.45. The molecule has 8 heteroatoms. The first-order chi connectivity index (χ1) is 14.7. The van der Waals surface area contributed by atoms with Gasteiger partial charge in [-0.05, 0) is 31.9 Å². The number of aryl methyl sites for hydroxylation is 2. The SMILES string of the molecule is CCn1nc2n(c1=O)CCC(C(=O)NCCN1CCN(c3ccccc3)CC1)CC2. The summed E-state index contributed by atoms with van der Waals surface area (Å²) in [6.07, 6.45) is 2.13. The molecule has 1 saturated heterocycles. The minimum absolute atomic E-state index is 0.0453. The van der Waals surface area contributed by atoms with Crippen LogP contribution in [0.4, 0.5) is 5.69 Å². The first kappa shape index (κ1) is 20.7. The number of benzene rings is 1. The van der Waals surface area contributed by atoms with E-state index >= 15 is 0 Å². The number of carbonyl (C=O) groups is 1. The van der Waals surface area contributed by atoms with E-state index in [0.29, 0.717) is 32.5 Å². The number of fused-ring (bicyclic) bond motifs is 1. The lowest BCUT2D eigenvalue weighted by atomic mass is 9.99. The highest BCUT2D eigenvalue weighted by Crippen LogP contribution is 2.18. The molecule has 4 rings (SSSR count). The highest BCUT2D eigenvalue weighted by atomic mass is 16.2. The average Bonchev–Trinajstić information content (AvgIpc) is 2.95. The van der Waals surface area contributed by atoms with Gasteiger partial charge in [-0.2, -0.15) is 5.10 Å². The Morgan fingerprint density at radius 3 is 2.60 bits per heavy atom. The Kier molecular flexibility index (Phi) is 6.52. The molecule has 0 aliphatic carbocycles. The van der Waals surface area contributed by atoms with Gasteiger partial charge in [0.15, 0.2) is 0 Å². The number of piperazine rings is 1. The van der Waals surface area contributed by atoms with Gasteiger partial charge in [0.1, 0.15) is 5.82 Å². The quantitative estimate of drug-likeness (QED) is 0.765. The Balaban J connectivity index is 1.19. The Morgan fingerprint density at radius 1 is 1.10 bits per heavy atom. The number of anilines is 1. The van der Waals surface area contributed by atoms with Crippen molar-refractivity contribution in [2.75, 3.05) is 44.2 Å². The van der Waals surface area contributed by atoms with Crippen molar-refractivity contribution < 1.29 is 4.79 Å². The van der Waals surface area contributed by atoms with Gasteiger partial charge in [-0.15, -0.1) is 0 Å². The second-order valence-corrected chi connectivity index (χ2v) is 8.15. The van der Waals surface area contributed by atoms with Crippen LogP contribution in [0.15, 0.2) is 35.1 Å². The maximum Gasteiger partial charge on any atom is 0.345 e. The van der Waals surface area contributed by atoms with Crippen molar-refractivity contribution in [1.82, 2.24) is 24.6 Å². The van der Waals surface area contributed by atoms with Crippen molar-refractivity contribution >= 4 is 11.6 Å². The third-order valence-corrected chi connectivity index (χ3v) is 6.31. The number of aromatic nitrogens is 3. The molecule has 0 spiro atoms. The van der Waals surface area contributed by atoms with Crippen LogP contribution in [0.2, 0.25) is 0 Å². The van der Waals surface area contributed by atoms with Crippen LogP contribution in [-0.2, 0) is 24.3 Å². The van der Waals surface area contributed by atoms with E-state index in [2.05, 4.69) is 44.5 Å². The van der Waals surface area contributed by atoms with Gasteiger partial charge < -0.3 is 10.2 Å². The van der Waals surface area contributed by atoms with Crippen LogP contribution in [0.25, 0.3) is 0 Å². The second kappa shape index (κ2) is 9.47. The predicted molar refractivity (Wildman–Crippen MR) is 117 cm³/mol. The molecule has 1 aromatic carbocycles. The molecule has 1 atom stereocenters. The van der Waals surface area contributed by atoms with Crippen LogP contribution in [0.3, 0.4) is 0 Å². The predicted octanol–water partition coefficient (Wildman–Crippen LogP) is 0.956. The van der Waals surface area contributed by atoms with Crippen LogP contribution in [0.5, 0.6) is 0 Å². The van der Waals surface area contributed by atoms with Gasteiger partial charge in [0.25, 0.3) is 0 Å². The summed E-state index contributed by atoms with van der Waals surface area (Å²) in [7, 11) is 0. The molecule has 162 valence electrons. The zero-order valence-electron chi connectivity index (χ0n) is 17.8. The van der Waals surface area contributed by atoms with Crippen LogP contribution in [0.1, 0.15) is 25.6 Å². The number of amides is 1. The summed E-state index contributed by atoms with van der Waals surface area (Å²) in [5.41, 5.74) is 1.23. The molecular formula is C22H32N6O2. The Hall–Kier alpha value is -2.61. The molecule has 0 radical (unpaired) electrons. The van der Waals surface area contributed by atoms with E-state index in [-0.39, 0.29) is 17.5 Å².